The second kappa shape index (κ2) is 6.64. The Balaban J connectivity index is 1.95. The number of benzene rings is 1. The van der Waals surface area contributed by atoms with E-state index in [9.17, 15) is 0 Å². The number of hydrogen-bond donors (Lipinski definition) is 2. The van der Waals surface area contributed by atoms with Gasteiger partial charge in [-0.1, -0.05) is 12.1 Å². The van der Waals surface area contributed by atoms with E-state index in [1.807, 2.05) is 24.3 Å². The summed E-state index contributed by atoms with van der Waals surface area (Å²) < 4.78 is 5.14. The molecule has 0 aliphatic rings. The Morgan fingerprint density at radius 1 is 1.11 bits per heavy atom. The van der Waals surface area contributed by atoms with Crippen LogP contribution >= 0.6 is 0 Å². The van der Waals surface area contributed by atoms with Crippen molar-refractivity contribution in [3.8, 4) is 5.75 Å². The summed E-state index contributed by atoms with van der Waals surface area (Å²) in [6, 6.07) is 12.0. The van der Waals surface area contributed by atoms with Crippen LogP contribution in [0.5, 0.6) is 5.75 Å². The number of aromatic nitrogens is 1. The molecule has 0 amide bonds. The highest BCUT2D eigenvalue weighted by Crippen LogP contribution is 2.15. The molecule has 1 heterocycles. The van der Waals surface area contributed by atoms with Crippen molar-refractivity contribution in [2.24, 2.45) is 0 Å². The van der Waals surface area contributed by atoms with E-state index in [0.29, 0.717) is 0 Å². The molecular weight excluding hydrogens is 238 g/mol. The molecule has 0 aliphatic carbocycles. The molecule has 0 saturated heterocycles. The van der Waals surface area contributed by atoms with Crippen LogP contribution in [0.4, 0.5) is 11.5 Å². The molecule has 0 aliphatic heterocycles. The first-order valence-electron chi connectivity index (χ1n) is 6.38. The van der Waals surface area contributed by atoms with Gasteiger partial charge in [0.2, 0.25) is 0 Å². The Hall–Kier alpha value is -2.23. The van der Waals surface area contributed by atoms with E-state index < -0.39 is 0 Å². The van der Waals surface area contributed by atoms with E-state index in [2.05, 4.69) is 34.7 Å². The van der Waals surface area contributed by atoms with Crippen LogP contribution in [0.2, 0.25) is 0 Å². The smallest absolute Gasteiger partial charge is 0.127 e. The van der Waals surface area contributed by atoms with E-state index >= 15 is 0 Å². The molecule has 2 rings (SSSR count). The average molecular weight is 257 g/mol. The lowest BCUT2D eigenvalue weighted by Crippen LogP contribution is -2.02. The summed E-state index contributed by atoms with van der Waals surface area (Å²) >= 11 is 0. The van der Waals surface area contributed by atoms with Gasteiger partial charge in [-0.05, 0) is 30.7 Å². The first kappa shape index (κ1) is 13.2. The van der Waals surface area contributed by atoms with E-state index in [4.69, 9.17) is 4.74 Å². The normalized spacial score (nSPS) is 10.0. The minimum atomic E-state index is 0.777. The number of hydrogen-bond acceptors (Lipinski definition) is 4. The van der Waals surface area contributed by atoms with Crippen LogP contribution < -0.4 is 15.4 Å². The van der Waals surface area contributed by atoms with E-state index in [0.717, 1.165) is 30.3 Å². The Labute approximate surface area is 113 Å². The molecular formula is C15H19N3O. The molecule has 4 nitrogen and oxygen atoms in total. The zero-order chi connectivity index (χ0) is 13.5. The van der Waals surface area contributed by atoms with Crippen LogP contribution in [-0.4, -0.2) is 18.6 Å². The second-order valence-electron chi connectivity index (χ2n) is 4.16. The van der Waals surface area contributed by atoms with Crippen LogP contribution in [0, 0.1) is 0 Å². The highest BCUT2D eigenvalue weighted by Gasteiger charge is 1.97. The number of rotatable bonds is 6. The fourth-order valence-electron chi connectivity index (χ4n) is 1.77. The highest BCUT2D eigenvalue weighted by atomic mass is 16.5. The molecule has 19 heavy (non-hydrogen) atoms. The van der Waals surface area contributed by atoms with Gasteiger partial charge in [0.1, 0.15) is 11.6 Å². The van der Waals surface area contributed by atoms with Gasteiger partial charge in [0, 0.05) is 31.0 Å². The summed E-state index contributed by atoms with van der Waals surface area (Å²) in [6.07, 6.45) is 1.80. The predicted octanol–water partition coefficient (Wildman–Crippen LogP) is 3.13. The maximum absolute atomic E-state index is 5.14. The molecule has 0 unspecified atom stereocenters. The number of nitrogens with zero attached hydrogens (tertiary/aromatic N) is 1. The zero-order valence-corrected chi connectivity index (χ0v) is 11.3. The third kappa shape index (κ3) is 3.88. The maximum Gasteiger partial charge on any atom is 0.127 e. The van der Waals surface area contributed by atoms with E-state index in [1.165, 1.54) is 5.56 Å². The van der Waals surface area contributed by atoms with Crippen LogP contribution in [0.15, 0.2) is 42.6 Å². The molecule has 1 aromatic carbocycles. The minimum absolute atomic E-state index is 0.777. The summed E-state index contributed by atoms with van der Waals surface area (Å²) in [5.41, 5.74) is 2.27. The Bertz CT molecular complexity index is 511. The van der Waals surface area contributed by atoms with Gasteiger partial charge >= 0.3 is 0 Å². The number of nitrogens with one attached hydrogen (secondary N) is 2. The second-order valence-corrected chi connectivity index (χ2v) is 4.16. The number of methoxy groups -OCH3 is 1. The van der Waals surface area contributed by atoms with Gasteiger partial charge in [-0.3, -0.25) is 0 Å². The van der Waals surface area contributed by atoms with Crippen LogP contribution in [0.3, 0.4) is 0 Å². The average Bonchev–Trinajstić information content (AvgIpc) is 2.46. The molecule has 0 spiro atoms. The summed E-state index contributed by atoms with van der Waals surface area (Å²) in [4.78, 5) is 4.24. The largest absolute Gasteiger partial charge is 0.497 e. The fourth-order valence-corrected chi connectivity index (χ4v) is 1.77. The molecule has 100 valence electrons. The van der Waals surface area contributed by atoms with Gasteiger partial charge in [0.25, 0.3) is 0 Å². The van der Waals surface area contributed by atoms with Crippen molar-refractivity contribution in [1.82, 2.24) is 4.98 Å². The lowest BCUT2D eigenvalue weighted by molar-refractivity contribution is 0.414. The molecule has 1 aromatic heterocycles. The number of ether oxygens (including phenoxy) is 1. The third-order valence-corrected chi connectivity index (χ3v) is 2.77. The predicted molar refractivity (Wildman–Crippen MR) is 78.7 cm³/mol. The van der Waals surface area contributed by atoms with Gasteiger partial charge in [-0.25, -0.2) is 4.98 Å². The van der Waals surface area contributed by atoms with E-state index in [-0.39, 0.29) is 0 Å². The van der Waals surface area contributed by atoms with Crippen molar-refractivity contribution in [2.45, 2.75) is 13.5 Å². The van der Waals surface area contributed by atoms with Gasteiger partial charge in [0.15, 0.2) is 0 Å². The molecule has 0 bridgehead atoms. The quantitative estimate of drug-likeness (QED) is 0.834. The number of pyridine rings is 1. The van der Waals surface area contributed by atoms with Gasteiger partial charge in [-0.15, -0.1) is 0 Å². The van der Waals surface area contributed by atoms with Crippen molar-refractivity contribution in [2.75, 3.05) is 24.3 Å². The SMILES string of the molecule is CCNc1cc(NCc2ccc(OC)cc2)ccn1. The van der Waals surface area contributed by atoms with Crippen LogP contribution in [0.25, 0.3) is 0 Å². The Kier molecular flexibility index (Phi) is 4.61. The summed E-state index contributed by atoms with van der Waals surface area (Å²) in [5, 5.41) is 6.57. The molecule has 0 radical (unpaired) electrons. The fraction of sp³-hybridized carbons (Fsp3) is 0.267. The van der Waals surface area contributed by atoms with Gasteiger partial charge in [0.05, 0.1) is 7.11 Å². The Morgan fingerprint density at radius 2 is 1.89 bits per heavy atom. The van der Waals surface area contributed by atoms with Crippen molar-refractivity contribution < 1.29 is 4.74 Å². The summed E-state index contributed by atoms with van der Waals surface area (Å²) in [6.45, 7) is 3.70. The monoisotopic (exact) mass is 257 g/mol. The Morgan fingerprint density at radius 3 is 2.58 bits per heavy atom. The molecule has 4 heteroatoms. The zero-order valence-electron chi connectivity index (χ0n) is 11.3. The van der Waals surface area contributed by atoms with Crippen molar-refractivity contribution in [3.63, 3.8) is 0 Å². The first-order chi connectivity index (χ1) is 9.31. The molecule has 2 N–H and O–H groups in total. The van der Waals surface area contributed by atoms with Crippen LogP contribution in [0.1, 0.15) is 12.5 Å². The van der Waals surface area contributed by atoms with Crippen molar-refractivity contribution in [1.29, 1.82) is 0 Å². The molecule has 0 atom stereocenters. The topological polar surface area (TPSA) is 46.2 Å². The van der Waals surface area contributed by atoms with Crippen molar-refractivity contribution in [3.05, 3.63) is 48.2 Å². The molecule has 2 aromatic rings. The number of anilines is 2. The molecule has 0 fully saturated rings. The summed E-state index contributed by atoms with van der Waals surface area (Å²) in [7, 11) is 1.67. The lowest BCUT2D eigenvalue weighted by atomic mass is 10.2. The standard InChI is InChI=1S/C15H19N3O/c1-3-16-15-10-13(8-9-17-15)18-11-12-4-6-14(19-2)7-5-12/h4-10H,3,11H2,1-2H3,(H2,16,17,18). The van der Waals surface area contributed by atoms with Crippen LogP contribution in [-0.2, 0) is 6.54 Å². The van der Waals surface area contributed by atoms with Crippen molar-refractivity contribution >= 4 is 11.5 Å². The maximum atomic E-state index is 5.14. The minimum Gasteiger partial charge on any atom is -0.497 e. The van der Waals surface area contributed by atoms with E-state index in [1.54, 1.807) is 13.3 Å². The first-order valence-corrected chi connectivity index (χ1v) is 6.38. The van der Waals surface area contributed by atoms with Gasteiger partial charge < -0.3 is 15.4 Å². The molecule has 0 saturated carbocycles. The van der Waals surface area contributed by atoms with Gasteiger partial charge in [-0.2, -0.15) is 0 Å². The third-order valence-electron chi connectivity index (χ3n) is 2.77. The summed E-state index contributed by atoms with van der Waals surface area (Å²) in [5.74, 6) is 1.77. The lowest BCUT2D eigenvalue weighted by Gasteiger charge is -2.09. The highest BCUT2D eigenvalue weighted by molar-refractivity contribution is 5.52.